The lowest BCUT2D eigenvalue weighted by Gasteiger charge is -2.10. The molecule has 0 aromatic heterocycles. The van der Waals surface area contributed by atoms with Crippen molar-refractivity contribution in [3.8, 4) is 11.5 Å². The molecule has 0 aliphatic rings. The Kier molecular flexibility index (Phi) is 3.88. The zero-order valence-corrected chi connectivity index (χ0v) is 9.39. The molecule has 5 nitrogen and oxygen atoms in total. The first-order valence-electron chi connectivity index (χ1n) is 4.62. The second-order valence-electron chi connectivity index (χ2n) is 3.16. The Hall–Kier alpha value is -2.04. The number of benzene rings is 1. The van der Waals surface area contributed by atoms with Crippen molar-refractivity contribution in [3.63, 3.8) is 0 Å². The lowest BCUT2D eigenvalue weighted by Crippen LogP contribution is -1.93. The summed E-state index contributed by atoms with van der Waals surface area (Å²) in [6.45, 7) is 1.85. The van der Waals surface area contributed by atoms with E-state index in [2.05, 4.69) is 0 Å². The van der Waals surface area contributed by atoms with Gasteiger partial charge >= 0.3 is 0 Å². The van der Waals surface area contributed by atoms with Crippen LogP contribution in [0.15, 0.2) is 18.3 Å². The molecule has 0 atom stereocenters. The van der Waals surface area contributed by atoms with Crippen LogP contribution in [0.4, 0.5) is 0 Å². The molecule has 0 aliphatic carbocycles. The summed E-state index contributed by atoms with van der Waals surface area (Å²) in [7, 11) is 3.07. The SMILES string of the molecule is COc1cc(C)c(/C=C/[N+](=O)[O-])cc1OC. The number of aryl methyl sites for hydroxylation is 1. The number of nitrogens with zero attached hydrogens (tertiary/aromatic N) is 1. The summed E-state index contributed by atoms with van der Waals surface area (Å²) in [6.07, 6.45) is 2.32. The predicted octanol–water partition coefficient (Wildman–Crippen LogP) is 2.26. The molecule has 0 heterocycles. The molecule has 16 heavy (non-hydrogen) atoms. The van der Waals surface area contributed by atoms with Crippen molar-refractivity contribution < 1.29 is 14.4 Å². The highest BCUT2D eigenvalue weighted by molar-refractivity contribution is 5.59. The molecule has 0 aliphatic heterocycles. The van der Waals surface area contributed by atoms with Crippen LogP contribution in [-0.2, 0) is 0 Å². The summed E-state index contributed by atoms with van der Waals surface area (Å²) in [4.78, 5) is 9.72. The van der Waals surface area contributed by atoms with Gasteiger partial charge < -0.3 is 9.47 Å². The number of hydrogen-bond acceptors (Lipinski definition) is 4. The Balaban J connectivity index is 3.16. The summed E-state index contributed by atoms with van der Waals surface area (Å²) in [5, 5.41) is 10.2. The first-order valence-corrected chi connectivity index (χ1v) is 4.62. The van der Waals surface area contributed by atoms with Gasteiger partial charge in [-0.15, -0.1) is 0 Å². The molecule has 0 amide bonds. The standard InChI is InChI=1S/C11H13NO4/c1-8-6-10(15-2)11(16-3)7-9(8)4-5-12(13)14/h4-7H,1-3H3/b5-4+. The van der Waals surface area contributed by atoms with Crippen LogP contribution in [0, 0.1) is 17.0 Å². The van der Waals surface area contributed by atoms with Gasteiger partial charge in [0.15, 0.2) is 11.5 Å². The third-order valence-corrected chi connectivity index (χ3v) is 2.15. The molecular formula is C11H13NO4. The van der Waals surface area contributed by atoms with E-state index < -0.39 is 4.92 Å². The molecule has 0 N–H and O–H groups in total. The molecule has 0 fully saturated rings. The van der Waals surface area contributed by atoms with Crippen molar-refractivity contribution in [1.82, 2.24) is 0 Å². The van der Waals surface area contributed by atoms with Gasteiger partial charge in [-0.3, -0.25) is 10.1 Å². The minimum atomic E-state index is -0.504. The fraction of sp³-hybridized carbons (Fsp3) is 0.273. The Morgan fingerprint density at radius 2 is 1.81 bits per heavy atom. The van der Waals surface area contributed by atoms with E-state index in [9.17, 15) is 10.1 Å². The smallest absolute Gasteiger partial charge is 0.235 e. The van der Waals surface area contributed by atoms with Gasteiger partial charge in [-0.25, -0.2) is 0 Å². The molecule has 1 aromatic rings. The van der Waals surface area contributed by atoms with Gasteiger partial charge in [-0.05, 0) is 30.2 Å². The van der Waals surface area contributed by atoms with Gasteiger partial charge in [0, 0.05) is 6.08 Å². The van der Waals surface area contributed by atoms with E-state index in [0.717, 1.165) is 17.3 Å². The van der Waals surface area contributed by atoms with Crippen molar-refractivity contribution in [1.29, 1.82) is 0 Å². The Morgan fingerprint density at radius 1 is 1.25 bits per heavy atom. The lowest BCUT2D eigenvalue weighted by molar-refractivity contribution is -0.400. The van der Waals surface area contributed by atoms with Crippen LogP contribution in [0.3, 0.4) is 0 Å². The maximum Gasteiger partial charge on any atom is 0.235 e. The second-order valence-corrected chi connectivity index (χ2v) is 3.16. The van der Waals surface area contributed by atoms with E-state index in [0.29, 0.717) is 11.5 Å². The minimum Gasteiger partial charge on any atom is -0.493 e. The van der Waals surface area contributed by atoms with Gasteiger partial charge in [0.25, 0.3) is 0 Å². The Morgan fingerprint density at radius 3 is 2.31 bits per heavy atom. The number of hydrogen-bond donors (Lipinski definition) is 0. The van der Waals surface area contributed by atoms with Crippen LogP contribution < -0.4 is 9.47 Å². The van der Waals surface area contributed by atoms with Crippen LogP contribution in [0.25, 0.3) is 6.08 Å². The molecule has 0 spiro atoms. The van der Waals surface area contributed by atoms with Crippen molar-refractivity contribution >= 4 is 6.08 Å². The fourth-order valence-corrected chi connectivity index (χ4v) is 1.32. The average molecular weight is 223 g/mol. The van der Waals surface area contributed by atoms with E-state index >= 15 is 0 Å². The molecule has 0 radical (unpaired) electrons. The summed E-state index contributed by atoms with van der Waals surface area (Å²) in [6, 6.07) is 3.48. The van der Waals surface area contributed by atoms with Crippen LogP contribution in [0.1, 0.15) is 11.1 Å². The van der Waals surface area contributed by atoms with Gasteiger partial charge in [0.1, 0.15) is 0 Å². The highest BCUT2D eigenvalue weighted by Crippen LogP contribution is 2.30. The minimum absolute atomic E-state index is 0.504. The average Bonchev–Trinajstić information content (AvgIpc) is 2.26. The summed E-state index contributed by atoms with van der Waals surface area (Å²) >= 11 is 0. The van der Waals surface area contributed by atoms with Gasteiger partial charge in [-0.1, -0.05) is 0 Å². The summed E-state index contributed by atoms with van der Waals surface area (Å²) in [5.41, 5.74) is 1.62. The molecule has 0 unspecified atom stereocenters. The van der Waals surface area contributed by atoms with Crippen molar-refractivity contribution in [2.45, 2.75) is 6.92 Å². The highest BCUT2D eigenvalue weighted by Gasteiger charge is 2.07. The van der Waals surface area contributed by atoms with E-state index in [4.69, 9.17) is 9.47 Å². The first-order chi connectivity index (χ1) is 7.58. The van der Waals surface area contributed by atoms with Gasteiger partial charge in [-0.2, -0.15) is 0 Å². The summed E-state index contributed by atoms with van der Waals surface area (Å²) < 4.78 is 10.2. The number of ether oxygens (including phenoxy) is 2. The lowest BCUT2D eigenvalue weighted by atomic mass is 10.1. The summed E-state index contributed by atoms with van der Waals surface area (Å²) in [5.74, 6) is 1.16. The number of rotatable bonds is 4. The van der Waals surface area contributed by atoms with Crippen molar-refractivity contribution in [2.75, 3.05) is 14.2 Å². The zero-order chi connectivity index (χ0) is 12.1. The Labute approximate surface area is 93.4 Å². The molecule has 0 saturated heterocycles. The van der Waals surface area contributed by atoms with E-state index in [1.54, 1.807) is 19.2 Å². The van der Waals surface area contributed by atoms with E-state index in [-0.39, 0.29) is 0 Å². The van der Waals surface area contributed by atoms with Crippen LogP contribution in [0.2, 0.25) is 0 Å². The van der Waals surface area contributed by atoms with Crippen LogP contribution >= 0.6 is 0 Å². The van der Waals surface area contributed by atoms with Crippen molar-refractivity contribution in [2.24, 2.45) is 0 Å². The predicted molar refractivity (Wildman–Crippen MR) is 60.3 cm³/mol. The van der Waals surface area contributed by atoms with Crippen LogP contribution in [-0.4, -0.2) is 19.1 Å². The highest BCUT2D eigenvalue weighted by atomic mass is 16.6. The molecule has 86 valence electrons. The normalized spacial score (nSPS) is 10.4. The van der Waals surface area contributed by atoms with E-state index in [1.165, 1.54) is 13.2 Å². The first kappa shape index (κ1) is 12.0. The largest absolute Gasteiger partial charge is 0.493 e. The number of methoxy groups -OCH3 is 2. The molecule has 1 aromatic carbocycles. The maximum atomic E-state index is 10.2. The van der Waals surface area contributed by atoms with E-state index in [1.807, 2.05) is 6.92 Å². The molecule has 5 heteroatoms. The quantitative estimate of drug-likeness (QED) is 0.580. The van der Waals surface area contributed by atoms with Gasteiger partial charge in [0.2, 0.25) is 6.20 Å². The second kappa shape index (κ2) is 5.16. The molecule has 1 rings (SSSR count). The van der Waals surface area contributed by atoms with Crippen molar-refractivity contribution in [3.05, 3.63) is 39.6 Å². The van der Waals surface area contributed by atoms with Crippen LogP contribution in [0.5, 0.6) is 11.5 Å². The van der Waals surface area contributed by atoms with Gasteiger partial charge in [0.05, 0.1) is 19.1 Å². The third-order valence-electron chi connectivity index (χ3n) is 2.15. The monoisotopic (exact) mass is 223 g/mol. The molecule has 0 saturated carbocycles. The number of nitro groups is 1. The topological polar surface area (TPSA) is 61.6 Å². The fourth-order valence-electron chi connectivity index (χ4n) is 1.32. The molecule has 0 bridgehead atoms. The zero-order valence-electron chi connectivity index (χ0n) is 9.39. The maximum absolute atomic E-state index is 10.2. The molecular weight excluding hydrogens is 210 g/mol. The Bertz CT molecular complexity index is 426. The third kappa shape index (κ3) is 2.73.